The smallest absolute Gasteiger partial charge is 0.305 e. The second-order valence-electron chi connectivity index (χ2n) is 4.33. The molecule has 0 bridgehead atoms. The number of aromatic nitrogens is 1. The van der Waals surface area contributed by atoms with E-state index in [1.807, 2.05) is 0 Å². The van der Waals surface area contributed by atoms with Gasteiger partial charge in [0.1, 0.15) is 5.69 Å². The lowest BCUT2D eigenvalue weighted by molar-refractivity contribution is -0.139. The summed E-state index contributed by atoms with van der Waals surface area (Å²) < 4.78 is 6.98. The number of aryl methyl sites for hydroxylation is 1. The summed E-state index contributed by atoms with van der Waals surface area (Å²) in [5.74, 6) is -1.06. The van der Waals surface area contributed by atoms with E-state index in [1.54, 1.807) is 34.8 Å². The van der Waals surface area contributed by atoms with Crippen molar-refractivity contribution in [2.24, 2.45) is 7.05 Å². The molecular weight excluding hydrogens is 236 g/mol. The van der Waals surface area contributed by atoms with Crippen molar-refractivity contribution in [3.8, 4) is 0 Å². The molecule has 0 aliphatic carbocycles. The normalized spacial score (nSPS) is 19.8. The fraction of sp³-hybridized carbons (Fsp3) is 0.500. The van der Waals surface area contributed by atoms with Crippen molar-refractivity contribution < 1.29 is 19.4 Å². The molecule has 1 amide bonds. The van der Waals surface area contributed by atoms with Crippen LogP contribution in [-0.4, -0.2) is 52.3 Å². The van der Waals surface area contributed by atoms with Gasteiger partial charge >= 0.3 is 5.97 Å². The lowest BCUT2D eigenvalue weighted by Crippen LogP contribution is -2.49. The minimum Gasteiger partial charge on any atom is -0.481 e. The second kappa shape index (κ2) is 5.22. The van der Waals surface area contributed by atoms with Crippen molar-refractivity contribution >= 4 is 11.9 Å². The summed E-state index contributed by atoms with van der Waals surface area (Å²) in [5.41, 5.74) is 0.562. The van der Waals surface area contributed by atoms with Gasteiger partial charge in [0.05, 0.1) is 25.7 Å². The number of carbonyl (C=O) groups is 2. The van der Waals surface area contributed by atoms with Crippen molar-refractivity contribution in [3.05, 3.63) is 24.0 Å². The van der Waals surface area contributed by atoms with Gasteiger partial charge in [-0.2, -0.15) is 0 Å². The molecule has 2 heterocycles. The molecule has 0 radical (unpaired) electrons. The number of amides is 1. The highest BCUT2D eigenvalue weighted by molar-refractivity contribution is 5.93. The largest absolute Gasteiger partial charge is 0.481 e. The van der Waals surface area contributed by atoms with Gasteiger partial charge in [-0.15, -0.1) is 0 Å². The first-order chi connectivity index (χ1) is 8.59. The Balaban J connectivity index is 2.16. The quantitative estimate of drug-likeness (QED) is 0.842. The summed E-state index contributed by atoms with van der Waals surface area (Å²) in [6.07, 6.45) is 1.70. The zero-order valence-corrected chi connectivity index (χ0v) is 10.2. The molecule has 0 saturated carbocycles. The summed E-state index contributed by atoms with van der Waals surface area (Å²) in [6.45, 7) is 1.16. The van der Waals surface area contributed by atoms with Crippen LogP contribution in [0, 0.1) is 0 Å². The molecule has 0 unspecified atom stereocenters. The molecule has 1 aliphatic rings. The van der Waals surface area contributed by atoms with Gasteiger partial charge in [0, 0.05) is 19.8 Å². The second-order valence-corrected chi connectivity index (χ2v) is 4.33. The molecule has 2 rings (SSSR count). The average Bonchev–Trinajstić information content (AvgIpc) is 2.74. The Bertz CT molecular complexity index is 455. The number of nitrogens with zero attached hydrogens (tertiary/aromatic N) is 2. The van der Waals surface area contributed by atoms with E-state index in [9.17, 15) is 9.59 Å². The third kappa shape index (κ3) is 2.53. The zero-order chi connectivity index (χ0) is 13.1. The number of hydrogen-bond acceptors (Lipinski definition) is 3. The number of ether oxygens (including phenoxy) is 1. The minimum absolute atomic E-state index is 0.0871. The number of carbonyl (C=O) groups excluding carboxylic acids is 1. The molecule has 1 aromatic rings. The molecule has 98 valence electrons. The van der Waals surface area contributed by atoms with E-state index in [0.29, 0.717) is 18.8 Å². The maximum atomic E-state index is 12.3. The molecule has 0 aromatic carbocycles. The first-order valence-corrected chi connectivity index (χ1v) is 5.81. The van der Waals surface area contributed by atoms with Gasteiger partial charge in [0.15, 0.2) is 0 Å². The Morgan fingerprint density at radius 1 is 1.56 bits per heavy atom. The van der Waals surface area contributed by atoms with Crippen LogP contribution in [0.4, 0.5) is 0 Å². The molecule has 1 N–H and O–H groups in total. The lowest BCUT2D eigenvalue weighted by Gasteiger charge is -2.34. The van der Waals surface area contributed by atoms with Crippen LogP contribution in [0.5, 0.6) is 0 Å². The molecular formula is C12H16N2O4. The molecule has 18 heavy (non-hydrogen) atoms. The zero-order valence-electron chi connectivity index (χ0n) is 10.2. The van der Waals surface area contributed by atoms with Crippen LogP contribution < -0.4 is 0 Å². The maximum absolute atomic E-state index is 12.3. The van der Waals surface area contributed by atoms with Gasteiger partial charge in [-0.05, 0) is 12.1 Å². The van der Waals surface area contributed by atoms with E-state index in [4.69, 9.17) is 9.84 Å². The average molecular weight is 252 g/mol. The first-order valence-electron chi connectivity index (χ1n) is 5.81. The van der Waals surface area contributed by atoms with Crippen LogP contribution in [0.2, 0.25) is 0 Å². The molecule has 0 spiro atoms. The van der Waals surface area contributed by atoms with Crippen LogP contribution in [0.25, 0.3) is 0 Å². The number of morpholine rings is 1. The first kappa shape index (κ1) is 12.6. The van der Waals surface area contributed by atoms with Crippen LogP contribution in [0.3, 0.4) is 0 Å². The number of carboxylic acid groups (broad SMARTS) is 1. The number of aliphatic carboxylic acids is 1. The van der Waals surface area contributed by atoms with Gasteiger partial charge in [0.2, 0.25) is 0 Å². The van der Waals surface area contributed by atoms with Crippen LogP contribution in [0.1, 0.15) is 16.9 Å². The number of rotatable bonds is 3. The molecule has 1 aliphatic heterocycles. The molecule has 1 atom stereocenters. The van der Waals surface area contributed by atoms with Gasteiger partial charge < -0.3 is 19.3 Å². The van der Waals surface area contributed by atoms with Gasteiger partial charge in [0.25, 0.3) is 5.91 Å². The Morgan fingerprint density at radius 3 is 2.94 bits per heavy atom. The number of carboxylic acids is 1. The Hall–Kier alpha value is -1.82. The Morgan fingerprint density at radius 2 is 2.33 bits per heavy atom. The van der Waals surface area contributed by atoms with Crippen LogP contribution in [-0.2, 0) is 16.6 Å². The summed E-state index contributed by atoms with van der Waals surface area (Å²) >= 11 is 0. The molecule has 1 aromatic heterocycles. The van der Waals surface area contributed by atoms with Crippen molar-refractivity contribution in [1.82, 2.24) is 9.47 Å². The summed E-state index contributed by atoms with van der Waals surface area (Å²) in [6, 6.07) is 3.13. The molecule has 6 heteroatoms. The molecule has 1 saturated heterocycles. The fourth-order valence-electron chi connectivity index (χ4n) is 2.12. The molecule has 6 nitrogen and oxygen atoms in total. The van der Waals surface area contributed by atoms with Crippen molar-refractivity contribution in [3.63, 3.8) is 0 Å². The van der Waals surface area contributed by atoms with E-state index in [1.165, 1.54) is 0 Å². The SMILES string of the molecule is Cn1cccc1C(=O)N1CCOC[C@H]1CC(=O)O. The van der Waals surface area contributed by atoms with Crippen LogP contribution in [0.15, 0.2) is 18.3 Å². The highest BCUT2D eigenvalue weighted by Crippen LogP contribution is 2.15. The van der Waals surface area contributed by atoms with E-state index in [0.717, 1.165) is 0 Å². The van der Waals surface area contributed by atoms with E-state index >= 15 is 0 Å². The van der Waals surface area contributed by atoms with Gasteiger partial charge in [-0.1, -0.05) is 0 Å². The highest BCUT2D eigenvalue weighted by Gasteiger charge is 2.30. The summed E-state index contributed by atoms with van der Waals surface area (Å²) in [5, 5.41) is 8.85. The van der Waals surface area contributed by atoms with E-state index in [-0.39, 0.29) is 18.9 Å². The predicted molar refractivity (Wildman–Crippen MR) is 63.3 cm³/mol. The fourth-order valence-corrected chi connectivity index (χ4v) is 2.12. The Labute approximate surface area is 105 Å². The van der Waals surface area contributed by atoms with Crippen molar-refractivity contribution in [1.29, 1.82) is 0 Å². The third-order valence-corrected chi connectivity index (χ3v) is 3.06. The van der Waals surface area contributed by atoms with Gasteiger partial charge in [-0.25, -0.2) is 0 Å². The molecule has 1 fully saturated rings. The maximum Gasteiger partial charge on any atom is 0.305 e. The standard InChI is InChI=1S/C12H16N2O4/c1-13-4-2-3-10(13)12(17)14-5-6-18-8-9(14)7-11(15)16/h2-4,9H,5-8H2,1H3,(H,15,16)/t9-/m1/s1. The highest BCUT2D eigenvalue weighted by atomic mass is 16.5. The van der Waals surface area contributed by atoms with Gasteiger partial charge in [-0.3, -0.25) is 9.59 Å². The Kier molecular flexibility index (Phi) is 3.66. The summed E-state index contributed by atoms with van der Waals surface area (Å²) in [4.78, 5) is 24.7. The lowest BCUT2D eigenvalue weighted by atomic mass is 10.1. The number of hydrogen-bond donors (Lipinski definition) is 1. The summed E-state index contributed by atoms with van der Waals surface area (Å²) in [7, 11) is 1.79. The topological polar surface area (TPSA) is 71.8 Å². The van der Waals surface area contributed by atoms with Crippen molar-refractivity contribution in [2.45, 2.75) is 12.5 Å². The monoisotopic (exact) mass is 252 g/mol. The third-order valence-electron chi connectivity index (χ3n) is 3.06. The van der Waals surface area contributed by atoms with E-state index in [2.05, 4.69) is 0 Å². The minimum atomic E-state index is -0.921. The van der Waals surface area contributed by atoms with Crippen LogP contribution >= 0.6 is 0 Å². The van der Waals surface area contributed by atoms with Crippen molar-refractivity contribution in [2.75, 3.05) is 19.8 Å². The predicted octanol–water partition coefficient (Wildman–Crippen LogP) is 0.341. The van der Waals surface area contributed by atoms with E-state index < -0.39 is 12.0 Å².